The summed E-state index contributed by atoms with van der Waals surface area (Å²) in [5.74, 6) is 0.455. The van der Waals surface area contributed by atoms with E-state index in [1.54, 1.807) is 0 Å². The van der Waals surface area contributed by atoms with Gasteiger partial charge in [0.25, 0.3) is 0 Å². The largest absolute Gasteiger partial charge is 0.465 e. The monoisotopic (exact) mass is 199 g/mol. The molecule has 1 unspecified atom stereocenters. The first-order valence-corrected chi connectivity index (χ1v) is 4.14. The zero-order chi connectivity index (χ0) is 9.97. The topological polar surface area (TPSA) is 88.7 Å². The minimum absolute atomic E-state index is 0.256. The van der Waals surface area contributed by atoms with E-state index in [4.69, 9.17) is 14.4 Å². The van der Waals surface area contributed by atoms with Crippen molar-refractivity contribution in [3.63, 3.8) is 0 Å². The van der Waals surface area contributed by atoms with Crippen LogP contribution >= 0.6 is 0 Å². The minimum Gasteiger partial charge on any atom is -0.465 e. The number of hydrogen-bond acceptors (Lipinski definition) is 5. The van der Waals surface area contributed by atoms with Gasteiger partial charge in [-0.3, -0.25) is 0 Å². The first-order chi connectivity index (χ1) is 6.77. The second kappa shape index (κ2) is 3.62. The fourth-order valence-corrected chi connectivity index (χ4v) is 1.31. The molecule has 0 bridgehead atoms. The predicted molar refractivity (Wildman–Crippen MR) is 42.6 cm³/mol. The summed E-state index contributed by atoms with van der Waals surface area (Å²) in [5.41, 5.74) is 0. The Hall–Kier alpha value is -1.63. The molecule has 14 heavy (non-hydrogen) atoms. The summed E-state index contributed by atoms with van der Waals surface area (Å²) >= 11 is 0. The number of hydrogen-bond donors (Lipinski definition) is 1. The van der Waals surface area contributed by atoms with Gasteiger partial charge in [0, 0.05) is 11.8 Å². The van der Waals surface area contributed by atoms with Gasteiger partial charge in [-0.2, -0.15) is 0 Å². The number of ether oxygens (including phenoxy) is 1. The average molecular weight is 199 g/mol. The minimum atomic E-state index is -0.953. The lowest BCUT2D eigenvalue weighted by atomic mass is 10.2. The zero-order valence-electron chi connectivity index (χ0n) is 7.29. The molecule has 1 amide bonds. The predicted octanol–water partition coefficient (Wildman–Crippen LogP) is 0.121. The lowest BCUT2D eigenvalue weighted by molar-refractivity contribution is -0.0353. The van der Waals surface area contributed by atoms with E-state index in [0.29, 0.717) is 18.9 Å². The second-order valence-electron chi connectivity index (χ2n) is 2.91. The number of carbonyl (C=O) groups is 1. The van der Waals surface area contributed by atoms with E-state index in [9.17, 15) is 4.79 Å². The van der Waals surface area contributed by atoms with Crippen molar-refractivity contribution in [1.82, 2.24) is 15.3 Å². The smallest absolute Gasteiger partial charge is 0.407 e. The summed E-state index contributed by atoms with van der Waals surface area (Å²) in [6, 6.07) is 0. The number of rotatable bonds is 1. The van der Waals surface area contributed by atoms with Crippen molar-refractivity contribution in [1.29, 1.82) is 0 Å². The quantitative estimate of drug-likeness (QED) is 0.691. The fourth-order valence-electron chi connectivity index (χ4n) is 1.31. The van der Waals surface area contributed by atoms with Crippen molar-refractivity contribution in [2.24, 2.45) is 0 Å². The molecule has 1 N–H and O–H groups in total. The molecule has 7 heteroatoms. The first-order valence-electron chi connectivity index (χ1n) is 4.14. The van der Waals surface area contributed by atoms with Gasteiger partial charge in [-0.1, -0.05) is 0 Å². The Kier molecular flexibility index (Phi) is 2.32. The van der Waals surface area contributed by atoms with Crippen molar-refractivity contribution < 1.29 is 19.2 Å². The second-order valence-corrected chi connectivity index (χ2v) is 2.91. The van der Waals surface area contributed by atoms with Crippen molar-refractivity contribution >= 4 is 6.09 Å². The van der Waals surface area contributed by atoms with Crippen LogP contribution in [0.15, 0.2) is 10.7 Å². The Balaban J connectivity index is 2.04. The molecule has 2 rings (SSSR count). The molecule has 2 heterocycles. The maximum absolute atomic E-state index is 10.7. The van der Waals surface area contributed by atoms with E-state index in [-0.39, 0.29) is 6.54 Å². The third kappa shape index (κ3) is 1.67. The van der Waals surface area contributed by atoms with Crippen molar-refractivity contribution in [2.45, 2.75) is 6.10 Å². The van der Waals surface area contributed by atoms with Crippen LogP contribution in [0.25, 0.3) is 0 Å². The first kappa shape index (κ1) is 8.95. The van der Waals surface area contributed by atoms with Gasteiger partial charge in [-0.05, 0) is 0 Å². The molecule has 0 radical (unpaired) electrons. The van der Waals surface area contributed by atoms with E-state index in [2.05, 4.69) is 10.4 Å². The SMILES string of the molecule is O=C(O)N1CCOC(c2cnno2)C1. The summed E-state index contributed by atoms with van der Waals surface area (Å²) in [6.45, 7) is 0.997. The highest BCUT2D eigenvalue weighted by Gasteiger charge is 2.27. The summed E-state index contributed by atoms with van der Waals surface area (Å²) in [5, 5.41) is 15.6. The van der Waals surface area contributed by atoms with Crippen LogP contribution in [0.1, 0.15) is 11.9 Å². The Morgan fingerprint density at radius 3 is 3.21 bits per heavy atom. The molecule has 1 aliphatic rings. The fraction of sp³-hybridized carbons (Fsp3) is 0.571. The lowest BCUT2D eigenvalue weighted by Gasteiger charge is -2.29. The zero-order valence-corrected chi connectivity index (χ0v) is 7.29. The molecule has 1 aromatic rings. The Labute approximate surface area is 79.2 Å². The number of carboxylic acid groups (broad SMARTS) is 1. The van der Waals surface area contributed by atoms with E-state index in [1.807, 2.05) is 0 Å². The van der Waals surface area contributed by atoms with E-state index in [0.717, 1.165) is 0 Å². The van der Waals surface area contributed by atoms with Crippen LogP contribution < -0.4 is 0 Å². The van der Waals surface area contributed by atoms with Gasteiger partial charge >= 0.3 is 6.09 Å². The average Bonchev–Trinajstić information content (AvgIpc) is 2.71. The van der Waals surface area contributed by atoms with Crippen molar-refractivity contribution in [3.8, 4) is 0 Å². The molecule has 76 valence electrons. The maximum atomic E-state index is 10.7. The number of morpholine rings is 1. The van der Waals surface area contributed by atoms with Crippen LogP contribution in [0.4, 0.5) is 4.79 Å². The van der Waals surface area contributed by atoms with Crippen LogP contribution in [0.3, 0.4) is 0 Å². The van der Waals surface area contributed by atoms with Crippen molar-refractivity contribution in [3.05, 3.63) is 12.0 Å². The maximum Gasteiger partial charge on any atom is 0.407 e. The summed E-state index contributed by atoms with van der Waals surface area (Å²) in [7, 11) is 0. The number of nitrogens with zero attached hydrogens (tertiary/aromatic N) is 3. The molecule has 0 aliphatic carbocycles. The van der Waals surface area contributed by atoms with Crippen LogP contribution in [0, 0.1) is 0 Å². The van der Waals surface area contributed by atoms with Gasteiger partial charge in [0.05, 0.1) is 19.3 Å². The summed E-state index contributed by atoms with van der Waals surface area (Å²) < 4.78 is 10.1. The third-order valence-corrected chi connectivity index (χ3v) is 2.03. The van der Waals surface area contributed by atoms with Crippen LogP contribution in [0.5, 0.6) is 0 Å². The highest BCUT2D eigenvalue weighted by Crippen LogP contribution is 2.20. The van der Waals surface area contributed by atoms with Gasteiger partial charge in [0.15, 0.2) is 5.76 Å². The van der Waals surface area contributed by atoms with E-state index >= 15 is 0 Å². The van der Waals surface area contributed by atoms with E-state index in [1.165, 1.54) is 11.1 Å². The molecule has 1 fully saturated rings. The molecule has 7 nitrogen and oxygen atoms in total. The molecule has 1 aromatic heterocycles. The Bertz CT molecular complexity index is 313. The summed E-state index contributed by atoms with van der Waals surface area (Å²) in [6.07, 6.45) is 0.0800. The number of aromatic nitrogens is 2. The Morgan fingerprint density at radius 1 is 1.71 bits per heavy atom. The van der Waals surface area contributed by atoms with Crippen molar-refractivity contribution in [2.75, 3.05) is 19.7 Å². The molecular formula is C7H9N3O4. The van der Waals surface area contributed by atoms with Gasteiger partial charge in [-0.25, -0.2) is 4.79 Å². The third-order valence-electron chi connectivity index (χ3n) is 2.03. The van der Waals surface area contributed by atoms with E-state index < -0.39 is 12.2 Å². The van der Waals surface area contributed by atoms with Gasteiger partial charge < -0.3 is 19.3 Å². The molecular weight excluding hydrogens is 190 g/mol. The molecule has 1 atom stereocenters. The van der Waals surface area contributed by atoms with Crippen LogP contribution in [-0.2, 0) is 4.74 Å². The van der Waals surface area contributed by atoms with Gasteiger partial charge in [0.1, 0.15) is 6.10 Å². The van der Waals surface area contributed by atoms with Crippen LogP contribution in [-0.4, -0.2) is 46.2 Å². The Morgan fingerprint density at radius 2 is 2.57 bits per heavy atom. The molecule has 0 saturated carbocycles. The van der Waals surface area contributed by atoms with Gasteiger partial charge in [0.2, 0.25) is 0 Å². The molecule has 1 saturated heterocycles. The number of amides is 1. The molecule has 0 aromatic carbocycles. The van der Waals surface area contributed by atoms with Gasteiger partial charge in [-0.15, -0.1) is 5.10 Å². The lowest BCUT2D eigenvalue weighted by Crippen LogP contribution is -2.41. The van der Waals surface area contributed by atoms with Crippen LogP contribution in [0.2, 0.25) is 0 Å². The highest BCUT2D eigenvalue weighted by molar-refractivity contribution is 5.65. The summed E-state index contributed by atoms with van der Waals surface area (Å²) in [4.78, 5) is 12.0. The molecule has 1 aliphatic heterocycles. The standard InChI is InChI=1S/C7H9N3O4/c11-7(12)10-1-2-13-6(4-10)5-3-8-9-14-5/h3,6H,1-2,4H2,(H,11,12). The highest BCUT2D eigenvalue weighted by atomic mass is 16.5. The normalized spacial score (nSPS) is 22.3. The molecule has 0 spiro atoms.